The van der Waals surface area contributed by atoms with Crippen LogP contribution in [0, 0.1) is 0 Å². The molecule has 7 heteroatoms. The number of esters is 2. The Labute approximate surface area is 133 Å². The van der Waals surface area contributed by atoms with Gasteiger partial charge < -0.3 is 20.1 Å². The fraction of sp³-hybridized carbons (Fsp3) is 0.312. The van der Waals surface area contributed by atoms with Crippen molar-refractivity contribution >= 4 is 18.0 Å². The first-order valence-corrected chi connectivity index (χ1v) is 7.11. The van der Waals surface area contributed by atoms with E-state index in [9.17, 15) is 14.4 Å². The maximum atomic E-state index is 12.2. The molecule has 0 bridgehead atoms. The zero-order chi connectivity index (χ0) is 17.0. The summed E-state index contributed by atoms with van der Waals surface area (Å²) in [5.41, 5.74) is 1.82. The number of rotatable bonds is 4. The van der Waals surface area contributed by atoms with Gasteiger partial charge in [0.05, 0.1) is 30.9 Å². The number of carbonyl (C=O) groups excluding carboxylic acids is 3. The topological polar surface area (TPSA) is 93.7 Å². The lowest BCUT2D eigenvalue weighted by molar-refractivity contribution is -0.139. The fourth-order valence-corrected chi connectivity index (χ4v) is 2.35. The van der Waals surface area contributed by atoms with E-state index in [0.29, 0.717) is 22.4 Å². The molecule has 0 spiro atoms. The molecule has 1 aromatic carbocycles. The molecular weight excluding hydrogens is 300 g/mol. The Morgan fingerprint density at radius 2 is 1.83 bits per heavy atom. The number of hydrogen-bond acceptors (Lipinski definition) is 5. The minimum Gasteiger partial charge on any atom is -0.465 e. The molecule has 2 rings (SSSR count). The van der Waals surface area contributed by atoms with Gasteiger partial charge in [0.15, 0.2) is 0 Å². The van der Waals surface area contributed by atoms with Crippen LogP contribution >= 0.6 is 0 Å². The van der Waals surface area contributed by atoms with Gasteiger partial charge >= 0.3 is 18.0 Å². The third-order valence-electron chi connectivity index (χ3n) is 3.43. The van der Waals surface area contributed by atoms with Crippen LogP contribution in [-0.2, 0) is 14.3 Å². The zero-order valence-electron chi connectivity index (χ0n) is 13.1. The normalized spacial score (nSPS) is 17.2. The van der Waals surface area contributed by atoms with Crippen LogP contribution in [0.5, 0.6) is 0 Å². The lowest BCUT2D eigenvalue weighted by Crippen LogP contribution is -2.45. The largest absolute Gasteiger partial charge is 0.465 e. The molecule has 1 heterocycles. The van der Waals surface area contributed by atoms with E-state index in [0.717, 1.165) is 0 Å². The summed E-state index contributed by atoms with van der Waals surface area (Å²) in [5.74, 6) is -0.956. The predicted octanol–water partition coefficient (Wildman–Crippen LogP) is 1.66. The maximum Gasteiger partial charge on any atom is 0.338 e. The number of methoxy groups -OCH3 is 1. The highest BCUT2D eigenvalue weighted by molar-refractivity contribution is 5.95. The molecule has 1 unspecified atom stereocenters. The maximum absolute atomic E-state index is 12.2. The van der Waals surface area contributed by atoms with E-state index >= 15 is 0 Å². The van der Waals surface area contributed by atoms with E-state index in [1.54, 1.807) is 38.1 Å². The Morgan fingerprint density at radius 1 is 1.17 bits per heavy atom. The van der Waals surface area contributed by atoms with Gasteiger partial charge in [0, 0.05) is 5.70 Å². The van der Waals surface area contributed by atoms with Crippen LogP contribution in [0.3, 0.4) is 0 Å². The highest BCUT2D eigenvalue weighted by atomic mass is 16.5. The van der Waals surface area contributed by atoms with Gasteiger partial charge in [-0.05, 0) is 31.5 Å². The van der Waals surface area contributed by atoms with Crippen molar-refractivity contribution < 1.29 is 23.9 Å². The molecule has 122 valence electrons. The molecule has 7 nitrogen and oxygen atoms in total. The monoisotopic (exact) mass is 318 g/mol. The van der Waals surface area contributed by atoms with Gasteiger partial charge in [-0.25, -0.2) is 14.4 Å². The van der Waals surface area contributed by atoms with Crippen molar-refractivity contribution in [2.45, 2.75) is 19.9 Å². The number of allylic oxidation sites excluding steroid dienone is 1. The quantitative estimate of drug-likeness (QED) is 0.824. The van der Waals surface area contributed by atoms with Gasteiger partial charge in [0.25, 0.3) is 0 Å². The molecule has 1 aliphatic heterocycles. The SMILES string of the molecule is CCOC(=O)C1=C(C)NC(=O)NC1c1ccc(C(=O)OC)cc1. The highest BCUT2D eigenvalue weighted by Gasteiger charge is 2.32. The third kappa shape index (κ3) is 3.50. The summed E-state index contributed by atoms with van der Waals surface area (Å²) in [6.07, 6.45) is 0. The minimum absolute atomic E-state index is 0.234. The van der Waals surface area contributed by atoms with Crippen LogP contribution in [-0.4, -0.2) is 31.7 Å². The molecule has 0 aliphatic carbocycles. The second-order valence-corrected chi connectivity index (χ2v) is 4.90. The Balaban J connectivity index is 2.38. The summed E-state index contributed by atoms with van der Waals surface area (Å²) in [6.45, 7) is 3.58. The summed E-state index contributed by atoms with van der Waals surface area (Å²) >= 11 is 0. The first-order chi connectivity index (χ1) is 11.0. The van der Waals surface area contributed by atoms with E-state index < -0.39 is 24.0 Å². The standard InChI is InChI=1S/C16H18N2O5/c1-4-23-15(20)12-9(2)17-16(21)18-13(12)10-5-7-11(8-6-10)14(19)22-3/h5-8,13H,4H2,1-3H3,(H2,17,18,21). The molecule has 23 heavy (non-hydrogen) atoms. The van der Waals surface area contributed by atoms with Gasteiger partial charge in [0.2, 0.25) is 0 Å². The molecule has 2 N–H and O–H groups in total. The number of ether oxygens (including phenoxy) is 2. The third-order valence-corrected chi connectivity index (χ3v) is 3.43. The highest BCUT2D eigenvalue weighted by Crippen LogP contribution is 2.27. The Bertz CT molecular complexity index is 664. The second kappa shape index (κ2) is 6.95. The first-order valence-electron chi connectivity index (χ1n) is 7.11. The molecule has 0 radical (unpaired) electrons. The van der Waals surface area contributed by atoms with Gasteiger partial charge in [-0.3, -0.25) is 0 Å². The number of amides is 2. The van der Waals surface area contributed by atoms with Gasteiger partial charge in [0.1, 0.15) is 0 Å². The van der Waals surface area contributed by atoms with Crippen LogP contribution in [0.2, 0.25) is 0 Å². The second-order valence-electron chi connectivity index (χ2n) is 4.90. The van der Waals surface area contributed by atoms with Crippen LogP contribution in [0.15, 0.2) is 35.5 Å². The fourth-order valence-electron chi connectivity index (χ4n) is 2.35. The number of hydrogen-bond donors (Lipinski definition) is 2. The average molecular weight is 318 g/mol. The smallest absolute Gasteiger partial charge is 0.338 e. The number of nitrogens with one attached hydrogen (secondary N) is 2. The van der Waals surface area contributed by atoms with E-state index in [2.05, 4.69) is 15.4 Å². The Hall–Kier alpha value is -2.83. The molecule has 1 aliphatic rings. The first kappa shape index (κ1) is 16.5. The van der Waals surface area contributed by atoms with Gasteiger partial charge in [-0.15, -0.1) is 0 Å². The van der Waals surface area contributed by atoms with Crippen molar-refractivity contribution in [3.05, 3.63) is 46.7 Å². The molecule has 0 fully saturated rings. The molecule has 0 saturated carbocycles. The van der Waals surface area contributed by atoms with Crippen LogP contribution in [0.25, 0.3) is 0 Å². The Kier molecular flexibility index (Phi) is 5.00. The average Bonchev–Trinajstić information content (AvgIpc) is 2.53. The summed E-state index contributed by atoms with van der Waals surface area (Å²) in [6, 6.07) is 5.43. The van der Waals surface area contributed by atoms with Crippen molar-refractivity contribution in [3.8, 4) is 0 Å². The zero-order valence-corrected chi connectivity index (χ0v) is 13.1. The van der Waals surface area contributed by atoms with Crippen LogP contribution < -0.4 is 10.6 Å². The Morgan fingerprint density at radius 3 is 2.39 bits per heavy atom. The number of carbonyl (C=O) groups is 3. The van der Waals surface area contributed by atoms with Crippen molar-refractivity contribution in [1.82, 2.24) is 10.6 Å². The summed E-state index contributed by atoms with van der Waals surface area (Å²) in [5, 5.41) is 5.25. The molecule has 0 aromatic heterocycles. The molecule has 1 aromatic rings. The summed E-state index contributed by atoms with van der Waals surface area (Å²) < 4.78 is 9.70. The van der Waals surface area contributed by atoms with E-state index in [1.807, 2.05) is 0 Å². The molecular formula is C16H18N2O5. The van der Waals surface area contributed by atoms with Gasteiger partial charge in [-0.1, -0.05) is 12.1 Å². The number of urea groups is 1. The lowest BCUT2D eigenvalue weighted by Gasteiger charge is -2.28. The summed E-state index contributed by atoms with van der Waals surface area (Å²) in [4.78, 5) is 35.4. The van der Waals surface area contributed by atoms with E-state index in [1.165, 1.54) is 7.11 Å². The molecule has 0 saturated heterocycles. The molecule has 1 atom stereocenters. The summed E-state index contributed by atoms with van der Waals surface area (Å²) in [7, 11) is 1.30. The van der Waals surface area contributed by atoms with Crippen molar-refractivity contribution in [3.63, 3.8) is 0 Å². The van der Waals surface area contributed by atoms with E-state index in [-0.39, 0.29) is 6.61 Å². The predicted molar refractivity (Wildman–Crippen MR) is 81.5 cm³/mol. The van der Waals surface area contributed by atoms with E-state index in [4.69, 9.17) is 4.74 Å². The van der Waals surface area contributed by atoms with Crippen LogP contribution in [0.4, 0.5) is 4.79 Å². The molecule has 2 amide bonds. The lowest BCUT2D eigenvalue weighted by atomic mass is 9.95. The van der Waals surface area contributed by atoms with Crippen molar-refractivity contribution in [1.29, 1.82) is 0 Å². The van der Waals surface area contributed by atoms with Crippen LogP contribution in [0.1, 0.15) is 35.8 Å². The minimum atomic E-state index is -0.644. The van der Waals surface area contributed by atoms with Crippen molar-refractivity contribution in [2.24, 2.45) is 0 Å². The number of benzene rings is 1. The van der Waals surface area contributed by atoms with Crippen molar-refractivity contribution in [2.75, 3.05) is 13.7 Å². The van der Waals surface area contributed by atoms with Gasteiger partial charge in [-0.2, -0.15) is 0 Å².